The number of hydrogen-bond donors (Lipinski definition) is 0. The number of halogens is 3. The zero-order valence-corrected chi connectivity index (χ0v) is 11.8. The number of fused-ring (bicyclic) bond motifs is 2. The Balaban J connectivity index is 2.22. The van der Waals surface area contributed by atoms with Gasteiger partial charge < -0.3 is 0 Å². The molecule has 0 fully saturated rings. The molecule has 0 atom stereocenters. The number of allylic oxidation sites excluding steroid dienone is 2. The van der Waals surface area contributed by atoms with Gasteiger partial charge in [-0.1, -0.05) is 48.7 Å². The average molecular weight is 304 g/mol. The zero-order valence-electron chi connectivity index (χ0n) is 10.9. The molecule has 0 nitrogen and oxygen atoms in total. The first kappa shape index (κ1) is 14.0. The van der Waals surface area contributed by atoms with Gasteiger partial charge >= 0.3 is 6.18 Å². The molecule has 0 N–H and O–H groups in total. The fourth-order valence-electron chi connectivity index (χ4n) is 2.34. The van der Waals surface area contributed by atoms with Gasteiger partial charge in [-0.2, -0.15) is 13.2 Å². The van der Waals surface area contributed by atoms with Crippen LogP contribution >= 0.6 is 11.8 Å². The Bertz CT molecular complexity index is 742. The van der Waals surface area contributed by atoms with Crippen molar-refractivity contribution < 1.29 is 13.2 Å². The lowest BCUT2D eigenvalue weighted by atomic mass is 9.95. The van der Waals surface area contributed by atoms with Crippen molar-refractivity contribution in [3.05, 3.63) is 77.9 Å². The monoisotopic (exact) mass is 304 g/mol. The molecular formula is C17H11F3S. The van der Waals surface area contributed by atoms with Crippen LogP contribution in [0.4, 0.5) is 13.2 Å². The van der Waals surface area contributed by atoms with Crippen LogP contribution in [0.25, 0.3) is 5.57 Å². The standard InChI is InChI=1S/C17H11F3S/c1-2-5-12-13-6-3-4-7-15(13)21-16-9-8-11(10-14(12)16)17(18,19)20/h2-10H,1H2/b12-5+. The van der Waals surface area contributed by atoms with Gasteiger partial charge in [-0.05, 0) is 41.0 Å². The van der Waals surface area contributed by atoms with Crippen LogP contribution in [0.15, 0.2) is 71.0 Å². The fourth-order valence-corrected chi connectivity index (χ4v) is 3.43. The van der Waals surface area contributed by atoms with Crippen LogP contribution in [0.2, 0.25) is 0 Å². The van der Waals surface area contributed by atoms with Gasteiger partial charge in [0.2, 0.25) is 0 Å². The lowest BCUT2D eigenvalue weighted by Crippen LogP contribution is -2.07. The van der Waals surface area contributed by atoms with Crippen molar-refractivity contribution in [1.82, 2.24) is 0 Å². The lowest BCUT2D eigenvalue weighted by Gasteiger charge is -2.23. The molecule has 1 aliphatic rings. The Kier molecular flexibility index (Phi) is 3.41. The Morgan fingerprint density at radius 1 is 0.952 bits per heavy atom. The van der Waals surface area contributed by atoms with Gasteiger partial charge in [0.25, 0.3) is 0 Å². The van der Waals surface area contributed by atoms with Gasteiger partial charge in [-0.15, -0.1) is 0 Å². The maximum atomic E-state index is 12.9. The third-order valence-corrected chi connectivity index (χ3v) is 4.43. The second-order valence-corrected chi connectivity index (χ2v) is 5.71. The molecule has 0 radical (unpaired) electrons. The highest BCUT2D eigenvalue weighted by atomic mass is 32.2. The molecular weight excluding hydrogens is 293 g/mol. The van der Waals surface area contributed by atoms with Crippen LogP contribution in [-0.2, 0) is 6.18 Å². The maximum Gasteiger partial charge on any atom is 0.416 e. The summed E-state index contributed by atoms with van der Waals surface area (Å²) in [6.45, 7) is 3.67. The third-order valence-electron chi connectivity index (χ3n) is 3.28. The summed E-state index contributed by atoms with van der Waals surface area (Å²) in [5.41, 5.74) is 1.69. The smallest absolute Gasteiger partial charge is 0.166 e. The van der Waals surface area contributed by atoms with Crippen molar-refractivity contribution in [2.45, 2.75) is 16.0 Å². The van der Waals surface area contributed by atoms with E-state index < -0.39 is 11.7 Å². The number of rotatable bonds is 1. The van der Waals surface area contributed by atoms with E-state index in [2.05, 4.69) is 6.58 Å². The highest BCUT2D eigenvalue weighted by Crippen LogP contribution is 2.46. The first-order valence-corrected chi connectivity index (χ1v) is 7.14. The van der Waals surface area contributed by atoms with Gasteiger partial charge in [0.1, 0.15) is 0 Å². The van der Waals surface area contributed by atoms with Crippen LogP contribution in [0.5, 0.6) is 0 Å². The fraction of sp³-hybridized carbons (Fsp3) is 0.0588. The van der Waals surface area contributed by atoms with Gasteiger partial charge in [0.05, 0.1) is 5.56 Å². The first-order chi connectivity index (χ1) is 10.0. The SMILES string of the molecule is C=C/C=C1\c2ccccc2Sc2ccc(C(F)(F)F)cc21. The largest absolute Gasteiger partial charge is 0.416 e. The molecule has 21 heavy (non-hydrogen) atoms. The number of benzene rings is 2. The van der Waals surface area contributed by atoms with E-state index in [1.54, 1.807) is 12.2 Å². The van der Waals surface area contributed by atoms with Crippen molar-refractivity contribution in [1.29, 1.82) is 0 Å². The van der Waals surface area contributed by atoms with Crippen molar-refractivity contribution in [2.75, 3.05) is 0 Å². The molecule has 4 heteroatoms. The molecule has 0 spiro atoms. The average Bonchev–Trinajstić information content (AvgIpc) is 2.45. The molecule has 2 aromatic rings. The Labute approximate surface area is 125 Å². The summed E-state index contributed by atoms with van der Waals surface area (Å²) < 4.78 is 38.8. The van der Waals surface area contributed by atoms with E-state index in [9.17, 15) is 13.2 Å². The Morgan fingerprint density at radius 3 is 2.38 bits per heavy atom. The van der Waals surface area contributed by atoms with Crippen LogP contribution in [0.1, 0.15) is 16.7 Å². The Morgan fingerprint density at radius 2 is 1.67 bits per heavy atom. The highest BCUT2D eigenvalue weighted by molar-refractivity contribution is 7.99. The second-order valence-electron chi connectivity index (χ2n) is 4.62. The molecule has 1 aliphatic heterocycles. The van der Waals surface area contributed by atoms with Crippen LogP contribution in [-0.4, -0.2) is 0 Å². The van der Waals surface area contributed by atoms with Crippen LogP contribution < -0.4 is 0 Å². The molecule has 3 rings (SSSR count). The molecule has 0 saturated carbocycles. The minimum Gasteiger partial charge on any atom is -0.166 e. The van der Waals surface area contributed by atoms with E-state index in [-0.39, 0.29) is 0 Å². The summed E-state index contributed by atoms with van der Waals surface area (Å²) in [6, 6.07) is 11.6. The lowest BCUT2D eigenvalue weighted by molar-refractivity contribution is -0.137. The first-order valence-electron chi connectivity index (χ1n) is 6.32. The van der Waals surface area contributed by atoms with Crippen LogP contribution in [0, 0.1) is 0 Å². The molecule has 0 amide bonds. The Hall–Kier alpha value is -1.94. The third kappa shape index (κ3) is 2.51. The van der Waals surface area contributed by atoms with E-state index in [0.717, 1.165) is 27.0 Å². The number of hydrogen-bond acceptors (Lipinski definition) is 1. The van der Waals surface area contributed by atoms with E-state index in [1.807, 2.05) is 24.3 Å². The minimum absolute atomic E-state index is 0.605. The molecule has 1 heterocycles. The summed E-state index contributed by atoms with van der Waals surface area (Å²) in [6.07, 6.45) is -0.973. The molecule has 106 valence electrons. The second kappa shape index (κ2) is 5.11. The number of alkyl halides is 3. The van der Waals surface area contributed by atoms with E-state index in [0.29, 0.717) is 5.56 Å². The van der Waals surface area contributed by atoms with Gasteiger partial charge in [0, 0.05) is 9.79 Å². The molecule has 0 aromatic heterocycles. The summed E-state index contributed by atoms with van der Waals surface area (Å²) in [7, 11) is 0. The predicted octanol–water partition coefficient (Wildman–Crippen LogP) is 5.79. The summed E-state index contributed by atoms with van der Waals surface area (Å²) in [5, 5.41) is 0. The zero-order chi connectivity index (χ0) is 15.0. The summed E-state index contributed by atoms with van der Waals surface area (Å²) >= 11 is 1.49. The van der Waals surface area contributed by atoms with Crippen LogP contribution in [0.3, 0.4) is 0 Å². The van der Waals surface area contributed by atoms with E-state index in [1.165, 1.54) is 23.9 Å². The normalized spacial score (nSPS) is 15.5. The van der Waals surface area contributed by atoms with Crippen molar-refractivity contribution in [2.24, 2.45) is 0 Å². The van der Waals surface area contributed by atoms with Gasteiger partial charge in [0.15, 0.2) is 0 Å². The highest BCUT2D eigenvalue weighted by Gasteiger charge is 2.32. The molecule has 0 bridgehead atoms. The molecule has 0 unspecified atom stereocenters. The van der Waals surface area contributed by atoms with E-state index >= 15 is 0 Å². The molecule has 0 saturated heterocycles. The van der Waals surface area contributed by atoms with E-state index in [4.69, 9.17) is 0 Å². The quantitative estimate of drug-likeness (QED) is 0.548. The van der Waals surface area contributed by atoms with Crippen molar-refractivity contribution >= 4 is 17.3 Å². The van der Waals surface area contributed by atoms with Gasteiger partial charge in [-0.3, -0.25) is 0 Å². The minimum atomic E-state index is -4.34. The van der Waals surface area contributed by atoms with Crippen molar-refractivity contribution in [3.63, 3.8) is 0 Å². The van der Waals surface area contributed by atoms with Gasteiger partial charge in [-0.25, -0.2) is 0 Å². The molecule has 0 aliphatic carbocycles. The topological polar surface area (TPSA) is 0 Å². The predicted molar refractivity (Wildman–Crippen MR) is 79.3 cm³/mol. The molecule has 2 aromatic carbocycles. The van der Waals surface area contributed by atoms with Crippen molar-refractivity contribution in [3.8, 4) is 0 Å². The summed E-state index contributed by atoms with van der Waals surface area (Å²) in [5.74, 6) is 0. The summed E-state index contributed by atoms with van der Waals surface area (Å²) in [4.78, 5) is 1.87. The maximum absolute atomic E-state index is 12.9.